The Bertz CT molecular complexity index is 309. The van der Waals surface area contributed by atoms with E-state index in [2.05, 4.69) is 20.5 Å². The van der Waals surface area contributed by atoms with E-state index < -0.39 is 0 Å². The van der Waals surface area contributed by atoms with Crippen molar-refractivity contribution in [1.29, 1.82) is 0 Å². The highest BCUT2D eigenvalue weighted by atomic mass is 16.5. The van der Waals surface area contributed by atoms with E-state index >= 15 is 0 Å². The van der Waals surface area contributed by atoms with Crippen LogP contribution in [-0.2, 0) is 4.79 Å². The summed E-state index contributed by atoms with van der Waals surface area (Å²) in [6, 6.07) is 0.199. The summed E-state index contributed by atoms with van der Waals surface area (Å²) < 4.78 is 4.74. The van der Waals surface area contributed by atoms with E-state index in [-0.39, 0.29) is 17.9 Å². The molecule has 0 saturated carbocycles. The molecule has 0 saturated heterocycles. The summed E-state index contributed by atoms with van der Waals surface area (Å²) in [6.45, 7) is 0.295. The number of carbonyl (C=O) groups is 1. The van der Waals surface area contributed by atoms with E-state index in [1.54, 1.807) is 19.0 Å². The summed E-state index contributed by atoms with van der Waals surface area (Å²) in [5.41, 5.74) is 0. The molecule has 0 aromatic carbocycles. The number of aromatic nitrogens is 3. The van der Waals surface area contributed by atoms with Crippen LogP contribution in [-0.4, -0.2) is 53.7 Å². The minimum absolute atomic E-state index is 0.159. The van der Waals surface area contributed by atoms with E-state index in [9.17, 15) is 4.79 Å². The number of methoxy groups -OCH3 is 1. The van der Waals surface area contributed by atoms with Crippen molar-refractivity contribution < 1.29 is 9.53 Å². The van der Waals surface area contributed by atoms with E-state index in [0.29, 0.717) is 6.54 Å². The van der Waals surface area contributed by atoms with Gasteiger partial charge in [0.15, 0.2) is 0 Å². The number of hydrogen-bond acceptors (Lipinski definition) is 5. The number of hydrogen-bond donors (Lipinski definition) is 2. The Labute approximate surface area is 81.5 Å². The van der Waals surface area contributed by atoms with Gasteiger partial charge in [-0.2, -0.15) is 4.98 Å². The molecule has 1 amide bonds. The molecule has 0 spiro atoms. The van der Waals surface area contributed by atoms with Crippen LogP contribution in [0.4, 0.5) is 5.95 Å². The van der Waals surface area contributed by atoms with Gasteiger partial charge in [0, 0.05) is 0 Å². The summed E-state index contributed by atoms with van der Waals surface area (Å²) in [5.74, 6) is 0.127. The van der Waals surface area contributed by atoms with Crippen LogP contribution in [0.5, 0.6) is 6.01 Å². The fourth-order valence-electron chi connectivity index (χ4n) is 0.852. The zero-order valence-electron chi connectivity index (χ0n) is 8.37. The number of aromatic amines is 1. The third-order valence-corrected chi connectivity index (χ3v) is 1.37. The molecule has 7 heteroatoms. The predicted octanol–water partition coefficient (Wildman–Crippen LogP) is -0.687. The number of ether oxygens (including phenoxy) is 1. The number of amides is 1. The molecule has 0 radical (unpaired) electrons. The maximum atomic E-state index is 11.2. The number of carbonyl (C=O) groups excluding carboxylic acids is 1. The normalized spacial score (nSPS) is 10.3. The van der Waals surface area contributed by atoms with Gasteiger partial charge in [0.05, 0.1) is 13.7 Å². The molecule has 2 N–H and O–H groups in total. The molecule has 1 heterocycles. The zero-order chi connectivity index (χ0) is 10.6. The maximum absolute atomic E-state index is 11.2. The number of H-pyrrole nitrogens is 1. The van der Waals surface area contributed by atoms with Crippen molar-refractivity contribution in [3.63, 3.8) is 0 Å². The van der Waals surface area contributed by atoms with E-state index in [0.717, 1.165) is 0 Å². The SMILES string of the molecule is COc1n[nH]c(NC(=O)CN(C)C)n1. The molecule has 0 aliphatic rings. The standard InChI is InChI=1S/C7H13N5O2/c1-12(2)4-5(13)8-6-9-7(14-3)11-10-6/h4H2,1-3H3,(H2,8,9,10,11,13). The van der Waals surface area contributed by atoms with Gasteiger partial charge in [-0.05, 0) is 14.1 Å². The van der Waals surface area contributed by atoms with Crippen LogP contribution in [0.2, 0.25) is 0 Å². The first-order chi connectivity index (χ1) is 6.61. The van der Waals surface area contributed by atoms with Gasteiger partial charge in [-0.15, -0.1) is 5.10 Å². The van der Waals surface area contributed by atoms with Gasteiger partial charge in [0.25, 0.3) is 0 Å². The molecule has 7 nitrogen and oxygen atoms in total. The molecule has 0 unspecified atom stereocenters. The largest absolute Gasteiger partial charge is 0.466 e. The number of rotatable bonds is 4. The molecular weight excluding hydrogens is 186 g/mol. The van der Waals surface area contributed by atoms with Gasteiger partial charge in [0.2, 0.25) is 11.9 Å². The molecule has 1 rings (SSSR count). The molecular formula is C7H13N5O2. The lowest BCUT2D eigenvalue weighted by atomic mass is 10.5. The molecule has 14 heavy (non-hydrogen) atoms. The van der Waals surface area contributed by atoms with Crippen molar-refractivity contribution in [2.24, 2.45) is 0 Å². The lowest BCUT2D eigenvalue weighted by Crippen LogP contribution is -2.27. The summed E-state index contributed by atoms with van der Waals surface area (Å²) >= 11 is 0. The third kappa shape index (κ3) is 3.02. The summed E-state index contributed by atoms with van der Waals surface area (Å²) in [4.78, 5) is 16.8. The van der Waals surface area contributed by atoms with Crippen LogP contribution < -0.4 is 10.1 Å². The number of nitrogens with one attached hydrogen (secondary N) is 2. The smallest absolute Gasteiger partial charge is 0.336 e. The second kappa shape index (κ2) is 4.56. The maximum Gasteiger partial charge on any atom is 0.336 e. The van der Waals surface area contributed by atoms with Gasteiger partial charge < -0.3 is 9.64 Å². The quantitative estimate of drug-likeness (QED) is 0.670. The van der Waals surface area contributed by atoms with Crippen LogP contribution in [0.15, 0.2) is 0 Å². The lowest BCUT2D eigenvalue weighted by molar-refractivity contribution is -0.116. The summed E-state index contributed by atoms with van der Waals surface area (Å²) in [5, 5.41) is 8.74. The van der Waals surface area contributed by atoms with Crippen molar-refractivity contribution in [1.82, 2.24) is 20.1 Å². The molecule has 0 atom stereocenters. The van der Waals surface area contributed by atoms with E-state index in [1.807, 2.05) is 0 Å². The molecule has 0 bridgehead atoms. The minimum atomic E-state index is -0.159. The van der Waals surface area contributed by atoms with Gasteiger partial charge in [-0.1, -0.05) is 0 Å². The highest BCUT2D eigenvalue weighted by Crippen LogP contribution is 2.03. The highest BCUT2D eigenvalue weighted by molar-refractivity contribution is 5.90. The minimum Gasteiger partial charge on any atom is -0.466 e. The number of nitrogens with zero attached hydrogens (tertiary/aromatic N) is 3. The fraction of sp³-hybridized carbons (Fsp3) is 0.571. The lowest BCUT2D eigenvalue weighted by Gasteiger charge is -2.07. The Morgan fingerprint density at radius 1 is 1.64 bits per heavy atom. The van der Waals surface area contributed by atoms with Crippen molar-refractivity contribution in [3.8, 4) is 6.01 Å². The van der Waals surface area contributed by atoms with Crippen LogP contribution >= 0.6 is 0 Å². The number of likely N-dealkylation sites (N-methyl/N-ethyl adjacent to an activating group) is 1. The Kier molecular flexibility index (Phi) is 3.41. The Balaban J connectivity index is 2.47. The van der Waals surface area contributed by atoms with Crippen LogP contribution in [0.25, 0.3) is 0 Å². The van der Waals surface area contributed by atoms with Gasteiger partial charge in [-0.3, -0.25) is 10.1 Å². The van der Waals surface area contributed by atoms with Gasteiger partial charge >= 0.3 is 6.01 Å². The first-order valence-electron chi connectivity index (χ1n) is 4.03. The fourth-order valence-corrected chi connectivity index (χ4v) is 0.852. The van der Waals surface area contributed by atoms with Crippen LogP contribution in [0.3, 0.4) is 0 Å². The Morgan fingerprint density at radius 3 is 2.86 bits per heavy atom. The monoisotopic (exact) mass is 199 g/mol. The predicted molar refractivity (Wildman–Crippen MR) is 50.1 cm³/mol. The average Bonchev–Trinajstić information content (AvgIpc) is 2.50. The Hall–Kier alpha value is -1.63. The number of anilines is 1. The van der Waals surface area contributed by atoms with Crippen molar-refractivity contribution in [3.05, 3.63) is 0 Å². The Morgan fingerprint density at radius 2 is 2.36 bits per heavy atom. The van der Waals surface area contributed by atoms with Gasteiger partial charge in [-0.25, -0.2) is 5.10 Å². The molecule has 0 aliphatic heterocycles. The molecule has 0 aliphatic carbocycles. The second-order valence-electron chi connectivity index (χ2n) is 2.96. The first-order valence-corrected chi connectivity index (χ1v) is 4.03. The molecule has 1 aromatic heterocycles. The highest BCUT2D eigenvalue weighted by Gasteiger charge is 2.07. The zero-order valence-corrected chi connectivity index (χ0v) is 8.37. The van der Waals surface area contributed by atoms with Crippen molar-refractivity contribution >= 4 is 11.9 Å². The van der Waals surface area contributed by atoms with Crippen LogP contribution in [0.1, 0.15) is 0 Å². The van der Waals surface area contributed by atoms with E-state index in [1.165, 1.54) is 7.11 Å². The molecule has 1 aromatic rings. The van der Waals surface area contributed by atoms with Crippen molar-refractivity contribution in [2.45, 2.75) is 0 Å². The summed E-state index contributed by atoms with van der Waals surface area (Å²) in [7, 11) is 5.07. The second-order valence-corrected chi connectivity index (χ2v) is 2.96. The summed E-state index contributed by atoms with van der Waals surface area (Å²) in [6.07, 6.45) is 0. The van der Waals surface area contributed by atoms with Crippen LogP contribution in [0, 0.1) is 0 Å². The third-order valence-electron chi connectivity index (χ3n) is 1.37. The molecule has 0 fully saturated rings. The first kappa shape index (κ1) is 10.5. The van der Waals surface area contributed by atoms with E-state index in [4.69, 9.17) is 4.74 Å². The van der Waals surface area contributed by atoms with Crippen molar-refractivity contribution in [2.75, 3.05) is 33.1 Å². The topological polar surface area (TPSA) is 83.1 Å². The average molecular weight is 199 g/mol. The van der Waals surface area contributed by atoms with Gasteiger partial charge in [0.1, 0.15) is 0 Å². The molecule has 78 valence electrons.